The Hall–Kier alpha value is -3.64. The fraction of sp³-hybridized carbons (Fsp3) is 0.435. The largest absolute Gasteiger partial charge is 0.379 e. The van der Waals surface area contributed by atoms with E-state index in [2.05, 4.69) is 47.6 Å². The van der Waals surface area contributed by atoms with E-state index >= 15 is 0 Å². The number of ether oxygens (including phenoxy) is 1. The summed E-state index contributed by atoms with van der Waals surface area (Å²) in [4.78, 5) is 13.5. The number of imidazole rings is 1. The van der Waals surface area contributed by atoms with Gasteiger partial charge in [0.05, 0.1) is 47.4 Å². The lowest BCUT2D eigenvalue weighted by atomic mass is 10.0. The molecule has 11 nitrogen and oxygen atoms in total. The first-order chi connectivity index (χ1) is 17.1. The van der Waals surface area contributed by atoms with Crippen LogP contribution in [0.25, 0.3) is 5.65 Å². The highest BCUT2D eigenvalue weighted by Crippen LogP contribution is 2.38. The van der Waals surface area contributed by atoms with Crippen molar-refractivity contribution in [3.05, 3.63) is 34.6 Å². The van der Waals surface area contributed by atoms with Crippen LogP contribution in [-0.4, -0.2) is 76.0 Å². The van der Waals surface area contributed by atoms with Crippen molar-refractivity contribution >= 4 is 40.4 Å². The molecule has 1 aliphatic carbocycles. The van der Waals surface area contributed by atoms with Gasteiger partial charge >= 0.3 is 0 Å². The molecule has 0 amide bonds. The number of nitrogens with one attached hydrogen (secondary N) is 2. The Bertz CT molecular complexity index is 1360. The van der Waals surface area contributed by atoms with Gasteiger partial charge in [-0.1, -0.05) is 11.6 Å². The van der Waals surface area contributed by atoms with E-state index in [4.69, 9.17) is 16.3 Å². The highest BCUT2D eigenvalue weighted by atomic mass is 35.5. The third-order valence-electron chi connectivity index (χ3n) is 6.59. The number of nitrogens with zero attached hydrogens (tertiary/aromatic N) is 8. The van der Waals surface area contributed by atoms with Crippen LogP contribution in [0.4, 0.5) is 23.1 Å². The quantitative estimate of drug-likeness (QED) is 0.530. The van der Waals surface area contributed by atoms with Gasteiger partial charge in [0.15, 0.2) is 17.2 Å². The number of benzene rings is 1. The molecule has 0 unspecified atom stereocenters. The average Bonchev–Trinajstić information content (AvgIpc) is 3.57. The van der Waals surface area contributed by atoms with E-state index < -0.39 is 0 Å². The topological polar surface area (TPSA) is 130 Å². The maximum atomic E-state index is 9.65. The molecule has 2 aromatic heterocycles. The lowest BCUT2D eigenvalue weighted by Crippen LogP contribution is -2.61. The molecule has 0 radical (unpaired) electrons. The number of halogens is 1. The van der Waals surface area contributed by atoms with Gasteiger partial charge in [-0.15, -0.1) is 5.10 Å². The number of aromatic nitrogens is 4. The highest BCUT2D eigenvalue weighted by molar-refractivity contribution is 6.36. The summed E-state index contributed by atoms with van der Waals surface area (Å²) in [6, 6.07) is 8.62. The van der Waals surface area contributed by atoms with Gasteiger partial charge in [-0.3, -0.25) is 4.90 Å². The van der Waals surface area contributed by atoms with Crippen LogP contribution in [0.15, 0.2) is 18.3 Å². The molecule has 0 spiro atoms. The molecule has 2 saturated heterocycles. The van der Waals surface area contributed by atoms with Crippen molar-refractivity contribution in [2.24, 2.45) is 0 Å². The van der Waals surface area contributed by atoms with E-state index in [1.165, 1.54) is 10.7 Å². The van der Waals surface area contributed by atoms with Crippen molar-refractivity contribution in [1.82, 2.24) is 24.5 Å². The number of anilines is 4. The molecule has 1 aromatic carbocycles. The summed E-state index contributed by atoms with van der Waals surface area (Å²) in [7, 11) is 0. The Balaban J connectivity index is 1.29. The molecule has 0 atom stereocenters. The predicted octanol–water partition coefficient (Wildman–Crippen LogP) is 2.36. The summed E-state index contributed by atoms with van der Waals surface area (Å²) in [5.74, 6) is 0.809. The van der Waals surface area contributed by atoms with E-state index in [-0.39, 0.29) is 5.95 Å². The maximum absolute atomic E-state index is 9.65. The molecule has 12 heteroatoms. The van der Waals surface area contributed by atoms with Crippen molar-refractivity contribution < 1.29 is 4.74 Å². The zero-order valence-electron chi connectivity index (χ0n) is 18.9. The third-order valence-corrected chi connectivity index (χ3v) is 6.99. The molecule has 3 fully saturated rings. The Labute approximate surface area is 206 Å². The van der Waals surface area contributed by atoms with Crippen molar-refractivity contribution in [2.45, 2.75) is 24.9 Å². The molecule has 1 saturated carbocycles. The van der Waals surface area contributed by atoms with Crippen LogP contribution in [0, 0.1) is 22.7 Å². The number of fused-ring (bicyclic) bond motifs is 1. The fourth-order valence-electron chi connectivity index (χ4n) is 4.47. The molecule has 2 N–H and O–H groups in total. The summed E-state index contributed by atoms with van der Waals surface area (Å²) in [6.45, 7) is 5.09. The summed E-state index contributed by atoms with van der Waals surface area (Å²) < 4.78 is 6.92. The zero-order valence-corrected chi connectivity index (χ0v) is 19.7. The molecule has 178 valence electrons. The molecule has 6 rings (SSSR count). The van der Waals surface area contributed by atoms with Gasteiger partial charge in [-0.05, 0) is 25.0 Å². The minimum Gasteiger partial charge on any atom is -0.379 e. The van der Waals surface area contributed by atoms with Crippen molar-refractivity contribution in [1.29, 1.82) is 10.5 Å². The van der Waals surface area contributed by atoms with Gasteiger partial charge in [0, 0.05) is 38.3 Å². The van der Waals surface area contributed by atoms with E-state index in [1.807, 2.05) is 6.07 Å². The molecular formula is C23H23ClN10O. The Morgan fingerprint density at radius 3 is 2.63 bits per heavy atom. The van der Waals surface area contributed by atoms with Crippen molar-refractivity contribution in [3.63, 3.8) is 0 Å². The molecule has 0 bridgehead atoms. The van der Waals surface area contributed by atoms with Crippen LogP contribution in [0.5, 0.6) is 0 Å². The average molecular weight is 491 g/mol. The van der Waals surface area contributed by atoms with Gasteiger partial charge in [0.1, 0.15) is 6.07 Å². The molecule has 2 aliphatic heterocycles. The normalized spacial score (nSPS) is 18.7. The monoisotopic (exact) mass is 490 g/mol. The van der Waals surface area contributed by atoms with Crippen LogP contribution in [-0.2, 0) is 4.74 Å². The second kappa shape index (κ2) is 8.86. The van der Waals surface area contributed by atoms with Gasteiger partial charge in [-0.25, -0.2) is 4.98 Å². The fourth-order valence-corrected chi connectivity index (χ4v) is 4.75. The first-order valence-electron chi connectivity index (χ1n) is 11.6. The van der Waals surface area contributed by atoms with Crippen LogP contribution in [0.2, 0.25) is 5.02 Å². The number of rotatable bonds is 6. The van der Waals surface area contributed by atoms with Crippen LogP contribution in [0.3, 0.4) is 0 Å². The van der Waals surface area contributed by atoms with Gasteiger partial charge in [0.25, 0.3) is 0 Å². The number of nitriles is 2. The van der Waals surface area contributed by atoms with E-state index in [0.717, 1.165) is 57.9 Å². The molecule has 4 heterocycles. The number of hydrogen-bond donors (Lipinski definition) is 2. The van der Waals surface area contributed by atoms with Gasteiger partial charge in [-0.2, -0.15) is 20.0 Å². The minimum atomic E-state index is 0.257. The summed E-state index contributed by atoms with van der Waals surface area (Å²) in [5.41, 5.74) is 2.61. The highest BCUT2D eigenvalue weighted by Gasteiger charge is 2.34. The summed E-state index contributed by atoms with van der Waals surface area (Å²) >= 11 is 6.83. The van der Waals surface area contributed by atoms with E-state index in [1.54, 1.807) is 6.07 Å². The number of hydrogen-bond acceptors (Lipinski definition) is 10. The standard InChI is InChI=1S/C23H23ClN10O/c24-20-18(7-14(9-25)8-19(20)33-12-17(13-33)32-3-5-35-6-4-32)29-23-30-21(28-15-1-2-15)22-27-11-16(10-26)34(22)31-23/h7-8,11,15,17H,1-6,12-13H2,(H2,28,29,30,31). The molecule has 3 aliphatic rings. The van der Waals surface area contributed by atoms with Crippen molar-refractivity contribution in [3.8, 4) is 12.1 Å². The maximum Gasteiger partial charge on any atom is 0.247 e. The SMILES string of the molecule is N#Cc1cc(Nc2nc(NC3CC3)c3ncc(C#N)n3n2)c(Cl)c(N2CC(N3CCOCC3)C2)c1. The molecule has 35 heavy (non-hydrogen) atoms. The van der Waals surface area contributed by atoms with E-state index in [9.17, 15) is 10.5 Å². The second-order valence-corrected chi connectivity index (χ2v) is 9.37. The van der Waals surface area contributed by atoms with Crippen molar-refractivity contribution in [2.75, 3.05) is 54.9 Å². The Morgan fingerprint density at radius 1 is 1.11 bits per heavy atom. The summed E-state index contributed by atoms with van der Waals surface area (Å²) in [6.07, 6.45) is 3.60. The summed E-state index contributed by atoms with van der Waals surface area (Å²) in [5, 5.41) is 30.6. The van der Waals surface area contributed by atoms with Gasteiger partial charge in [0.2, 0.25) is 5.95 Å². The van der Waals surface area contributed by atoms with Crippen LogP contribution < -0.4 is 15.5 Å². The third kappa shape index (κ3) is 4.19. The second-order valence-electron chi connectivity index (χ2n) is 8.99. The first kappa shape index (κ1) is 21.9. The Morgan fingerprint density at radius 2 is 1.91 bits per heavy atom. The van der Waals surface area contributed by atoms with Gasteiger partial charge < -0.3 is 20.3 Å². The van der Waals surface area contributed by atoms with Crippen LogP contribution >= 0.6 is 11.6 Å². The zero-order chi connectivity index (χ0) is 23.9. The molecule has 3 aromatic rings. The smallest absolute Gasteiger partial charge is 0.247 e. The lowest BCUT2D eigenvalue weighted by molar-refractivity contribution is 0.0105. The lowest BCUT2D eigenvalue weighted by Gasteiger charge is -2.48. The molecular weight excluding hydrogens is 468 g/mol. The van der Waals surface area contributed by atoms with E-state index in [0.29, 0.717) is 45.5 Å². The number of morpholine rings is 1. The predicted molar refractivity (Wildman–Crippen MR) is 130 cm³/mol. The Kier molecular flexibility index (Phi) is 5.53. The van der Waals surface area contributed by atoms with Crippen LogP contribution in [0.1, 0.15) is 24.1 Å². The minimum absolute atomic E-state index is 0.257. The first-order valence-corrected chi connectivity index (χ1v) is 12.0.